The quantitative estimate of drug-likeness (QED) is 0.292. The van der Waals surface area contributed by atoms with Gasteiger partial charge in [-0.15, -0.1) is 0 Å². The van der Waals surface area contributed by atoms with E-state index in [0.717, 1.165) is 0 Å². The summed E-state index contributed by atoms with van der Waals surface area (Å²) >= 11 is 0. The number of carbonyl (C=O) groups excluding carboxylic acids is 1. The summed E-state index contributed by atoms with van der Waals surface area (Å²) in [4.78, 5) is 34.5. The first-order valence-corrected chi connectivity index (χ1v) is 12.2. The van der Waals surface area contributed by atoms with Crippen molar-refractivity contribution in [3.05, 3.63) is 114 Å². The first kappa shape index (κ1) is 27.3. The first-order chi connectivity index (χ1) is 18.8. The van der Waals surface area contributed by atoms with Crippen LogP contribution in [0.5, 0.6) is 11.8 Å². The molecule has 1 aromatic heterocycles. The molecule has 0 fully saturated rings. The van der Waals surface area contributed by atoms with Gasteiger partial charge in [0.05, 0.1) is 7.11 Å². The Morgan fingerprint density at radius 2 is 1.46 bits per heavy atom. The van der Waals surface area contributed by atoms with Crippen molar-refractivity contribution in [2.45, 2.75) is 25.6 Å². The van der Waals surface area contributed by atoms with Crippen molar-refractivity contribution >= 4 is 17.6 Å². The van der Waals surface area contributed by atoms with Crippen LogP contribution in [0.4, 0.5) is 5.69 Å². The molecule has 9 heteroatoms. The van der Waals surface area contributed by atoms with Gasteiger partial charge in [0.1, 0.15) is 12.4 Å². The fourth-order valence-corrected chi connectivity index (χ4v) is 4.32. The van der Waals surface area contributed by atoms with Crippen molar-refractivity contribution in [1.29, 1.82) is 0 Å². The van der Waals surface area contributed by atoms with Gasteiger partial charge in [0.15, 0.2) is 5.60 Å². The lowest BCUT2D eigenvalue weighted by Gasteiger charge is -2.38. The fraction of sp³-hybridized carbons (Fsp3) is 0.200. The normalized spacial score (nSPS) is 11.9. The number of amides is 1. The summed E-state index contributed by atoms with van der Waals surface area (Å²) in [6, 6.07) is 26.1. The summed E-state index contributed by atoms with van der Waals surface area (Å²) in [5.41, 5.74) is 0.934. The van der Waals surface area contributed by atoms with E-state index in [9.17, 15) is 14.7 Å². The molecule has 0 aliphatic rings. The number of benzene rings is 3. The van der Waals surface area contributed by atoms with E-state index >= 15 is 0 Å². The average molecular weight is 528 g/mol. The molecule has 1 amide bonds. The SMILES string of the molecule is COc1cccc(NC(=O)COC(c2ccccc2)(c2ccccc2)C(Oc2nc(C)cc(C)n2)C(=O)O)c1. The average Bonchev–Trinajstić information content (AvgIpc) is 2.93. The highest BCUT2D eigenvalue weighted by Crippen LogP contribution is 2.39. The minimum Gasteiger partial charge on any atom is -0.497 e. The standard InChI is InChI=1S/C30H29N3O6/c1-20-17-21(2)32-29(31-20)39-27(28(35)36)30(22-11-6-4-7-12-22,23-13-8-5-9-14-23)38-19-26(34)33-24-15-10-16-25(18-24)37-3/h4-18,27H,19H2,1-3H3,(H,33,34)(H,35,36). The molecule has 9 nitrogen and oxygen atoms in total. The number of aliphatic carboxylic acids is 1. The molecule has 39 heavy (non-hydrogen) atoms. The van der Waals surface area contributed by atoms with Gasteiger partial charge < -0.3 is 24.6 Å². The topological polar surface area (TPSA) is 120 Å². The summed E-state index contributed by atoms with van der Waals surface area (Å²) in [6.07, 6.45) is -1.66. The maximum Gasteiger partial charge on any atom is 0.348 e. The highest BCUT2D eigenvalue weighted by molar-refractivity contribution is 5.92. The Morgan fingerprint density at radius 1 is 0.872 bits per heavy atom. The molecule has 0 saturated heterocycles. The number of carbonyl (C=O) groups is 2. The summed E-state index contributed by atoms with van der Waals surface area (Å²) in [5, 5.41) is 13.3. The van der Waals surface area contributed by atoms with Gasteiger partial charge in [-0.25, -0.2) is 14.8 Å². The molecule has 0 aliphatic carbocycles. The van der Waals surface area contributed by atoms with Crippen LogP contribution >= 0.6 is 0 Å². The molecule has 0 bridgehead atoms. The number of aromatic nitrogens is 2. The molecule has 0 radical (unpaired) electrons. The predicted octanol–water partition coefficient (Wildman–Crippen LogP) is 4.53. The number of methoxy groups -OCH3 is 1. The summed E-state index contributed by atoms with van der Waals surface area (Å²) in [7, 11) is 1.53. The Hall–Kier alpha value is -4.76. The summed E-state index contributed by atoms with van der Waals surface area (Å²) in [5.74, 6) is -1.24. The van der Waals surface area contributed by atoms with Crippen LogP contribution in [0, 0.1) is 13.8 Å². The van der Waals surface area contributed by atoms with E-state index < -0.39 is 30.2 Å². The molecule has 4 aromatic rings. The first-order valence-electron chi connectivity index (χ1n) is 12.2. The number of aryl methyl sites for hydroxylation is 2. The monoisotopic (exact) mass is 527 g/mol. The van der Waals surface area contributed by atoms with E-state index in [-0.39, 0.29) is 6.01 Å². The Kier molecular flexibility index (Phi) is 8.53. The van der Waals surface area contributed by atoms with E-state index in [1.165, 1.54) is 7.11 Å². The van der Waals surface area contributed by atoms with Crippen molar-refractivity contribution < 1.29 is 28.9 Å². The minimum atomic E-state index is -1.75. The van der Waals surface area contributed by atoms with Crippen LogP contribution in [-0.4, -0.2) is 46.8 Å². The van der Waals surface area contributed by atoms with Gasteiger partial charge in [0.2, 0.25) is 12.0 Å². The van der Waals surface area contributed by atoms with Crippen LogP contribution in [0.3, 0.4) is 0 Å². The van der Waals surface area contributed by atoms with Gasteiger partial charge >= 0.3 is 12.0 Å². The number of hydrogen-bond acceptors (Lipinski definition) is 7. The Bertz CT molecular complexity index is 1370. The lowest BCUT2D eigenvalue weighted by Crippen LogP contribution is -2.52. The third-order valence-electron chi connectivity index (χ3n) is 5.97. The second kappa shape index (κ2) is 12.2. The zero-order valence-electron chi connectivity index (χ0n) is 21.8. The number of hydrogen-bond donors (Lipinski definition) is 2. The molecule has 1 unspecified atom stereocenters. The number of nitrogens with one attached hydrogen (secondary N) is 1. The van der Waals surface area contributed by atoms with Crippen molar-refractivity contribution in [3.63, 3.8) is 0 Å². The van der Waals surface area contributed by atoms with Gasteiger partial charge in [0.25, 0.3) is 0 Å². The molecule has 2 N–H and O–H groups in total. The Labute approximate surface area is 226 Å². The van der Waals surface area contributed by atoms with E-state index in [1.54, 1.807) is 105 Å². The zero-order chi connectivity index (χ0) is 27.8. The van der Waals surface area contributed by atoms with Crippen molar-refractivity contribution in [2.24, 2.45) is 0 Å². The molecule has 200 valence electrons. The van der Waals surface area contributed by atoms with E-state index in [1.807, 2.05) is 0 Å². The molecule has 0 saturated carbocycles. The van der Waals surface area contributed by atoms with E-state index in [2.05, 4.69) is 15.3 Å². The summed E-state index contributed by atoms with van der Waals surface area (Å²) < 4.78 is 17.6. The predicted molar refractivity (Wildman–Crippen MR) is 145 cm³/mol. The number of carboxylic acid groups (broad SMARTS) is 1. The molecule has 0 spiro atoms. The van der Waals surface area contributed by atoms with Crippen LogP contribution in [0.1, 0.15) is 22.5 Å². The fourth-order valence-electron chi connectivity index (χ4n) is 4.32. The number of nitrogens with zero attached hydrogens (tertiary/aromatic N) is 2. The van der Waals surface area contributed by atoms with Gasteiger partial charge in [-0.2, -0.15) is 0 Å². The number of rotatable bonds is 11. The van der Waals surface area contributed by atoms with Crippen molar-refractivity contribution in [1.82, 2.24) is 9.97 Å². The van der Waals surface area contributed by atoms with Crippen LogP contribution in [-0.2, 0) is 19.9 Å². The second-order valence-electron chi connectivity index (χ2n) is 8.81. The molecule has 0 aliphatic heterocycles. The van der Waals surface area contributed by atoms with Crippen LogP contribution in [0.15, 0.2) is 91.0 Å². The molecule has 3 aromatic carbocycles. The van der Waals surface area contributed by atoms with Crippen LogP contribution in [0.2, 0.25) is 0 Å². The lowest BCUT2D eigenvalue weighted by atomic mass is 9.81. The van der Waals surface area contributed by atoms with E-state index in [0.29, 0.717) is 34.0 Å². The van der Waals surface area contributed by atoms with Gasteiger partial charge in [0, 0.05) is 23.1 Å². The van der Waals surface area contributed by atoms with Crippen molar-refractivity contribution in [2.75, 3.05) is 19.0 Å². The number of ether oxygens (including phenoxy) is 3. The third-order valence-corrected chi connectivity index (χ3v) is 5.97. The number of carboxylic acids is 1. The van der Waals surface area contributed by atoms with Gasteiger partial charge in [-0.1, -0.05) is 66.7 Å². The largest absolute Gasteiger partial charge is 0.497 e. The molecule has 4 rings (SSSR count). The molecule has 1 heterocycles. The van der Waals surface area contributed by atoms with E-state index in [4.69, 9.17) is 14.2 Å². The number of anilines is 1. The summed E-state index contributed by atoms with van der Waals surface area (Å²) in [6.45, 7) is 3.04. The maximum absolute atomic E-state index is 13.1. The highest BCUT2D eigenvalue weighted by Gasteiger charge is 2.50. The van der Waals surface area contributed by atoms with Crippen LogP contribution < -0.4 is 14.8 Å². The maximum atomic E-state index is 13.1. The van der Waals surface area contributed by atoms with Crippen molar-refractivity contribution in [3.8, 4) is 11.8 Å². The zero-order valence-corrected chi connectivity index (χ0v) is 21.8. The van der Waals surface area contributed by atoms with Gasteiger partial charge in [-0.3, -0.25) is 4.79 Å². The lowest BCUT2D eigenvalue weighted by molar-refractivity contribution is -0.166. The second-order valence-corrected chi connectivity index (χ2v) is 8.81. The van der Waals surface area contributed by atoms with Gasteiger partial charge in [-0.05, 0) is 43.2 Å². The third kappa shape index (κ3) is 6.39. The molecular formula is C30H29N3O6. The van der Waals surface area contributed by atoms with Crippen LogP contribution in [0.25, 0.3) is 0 Å². The Balaban J connectivity index is 1.78. The minimum absolute atomic E-state index is 0.111. The Morgan fingerprint density at radius 3 is 2.00 bits per heavy atom. The highest BCUT2D eigenvalue weighted by atomic mass is 16.6. The molecular weight excluding hydrogens is 498 g/mol. The smallest absolute Gasteiger partial charge is 0.348 e. The molecule has 1 atom stereocenters.